The van der Waals surface area contributed by atoms with E-state index in [4.69, 9.17) is 0 Å². The van der Waals surface area contributed by atoms with Crippen molar-refractivity contribution in [3.63, 3.8) is 0 Å². The van der Waals surface area contributed by atoms with Crippen molar-refractivity contribution in [2.45, 2.75) is 18.6 Å². The molecule has 0 N–H and O–H groups in total. The molecule has 1 heterocycles. The highest BCUT2D eigenvalue weighted by Gasteiger charge is 2.55. The molecule has 128 valence electrons. The third kappa shape index (κ3) is 2.18. The van der Waals surface area contributed by atoms with Crippen molar-refractivity contribution >= 4 is 28.7 Å². The number of benzene rings is 1. The maximum absolute atomic E-state index is 13.2. The standard InChI is InChI=1S/C18H12F3NO3/c19-18(20,21)17(25)22-12-4-2-1-3-9(12)10-5-6-11-13(23)7-8-14(24)15(11)16(10)22/h1-5,7-8,11,15-16H,6H2/t11-,15-,16-/m0/s1. The van der Waals surface area contributed by atoms with Gasteiger partial charge in [-0.3, -0.25) is 19.3 Å². The number of para-hydroxylation sites is 1. The molecule has 1 aromatic rings. The topological polar surface area (TPSA) is 54.5 Å². The Morgan fingerprint density at radius 3 is 2.48 bits per heavy atom. The molecular weight excluding hydrogens is 335 g/mol. The van der Waals surface area contributed by atoms with Crippen LogP contribution < -0.4 is 4.90 Å². The molecule has 2 aliphatic carbocycles. The summed E-state index contributed by atoms with van der Waals surface area (Å²) in [7, 11) is 0. The first kappa shape index (κ1) is 15.8. The van der Waals surface area contributed by atoms with E-state index in [2.05, 4.69) is 0 Å². The fraction of sp³-hybridized carbons (Fsp3) is 0.278. The van der Waals surface area contributed by atoms with Gasteiger partial charge < -0.3 is 0 Å². The fourth-order valence-electron chi connectivity index (χ4n) is 4.00. The molecule has 1 aromatic carbocycles. The Morgan fingerprint density at radius 1 is 1.08 bits per heavy atom. The predicted octanol–water partition coefficient (Wildman–Crippen LogP) is 2.69. The highest BCUT2D eigenvalue weighted by molar-refractivity contribution is 6.13. The quantitative estimate of drug-likeness (QED) is 0.725. The van der Waals surface area contributed by atoms with Crippen LogP contribution in [0.4, 0.5) is 18.9 Å². The first-order valence-corrected chi connectivity index (χ1v) is 7.76. The molecular formula is C18H12F3NO3. The number of ketones is 2. The van der Waals surface area contributed by atoms with Crippen LogP contribution in [0.3, 0.4) is 0 Å². The van der Waals surface area contributed by atoms with Crippen LogP contribution in [0.5, 0.6) is 0 Å². The van der Waals surface area contributed by atoms with Crippen molar-refractivity contribution in [1.29, 1.82) is 0 Å². The van der Waals surface area contributed by atoms with Gasteiger partial charge in [0.2, 0.25) is 0 Å². The molecule has 1 aliphatic heterocycles. The predicted molar refractivity (Wildman–Crippen MR) is 82.5 cm³/mol. The van der Waals surface area contributed by atoms with Crippen LogP contribution in [-0.4, -0.2) is 29.7 Å². The van der Waals surface area contributed by atoms with Crippen LogP contribution in [0.15, 0.2) is 42.5 Å². The molecule has 3 atom stereocenters. The summed E-state index contributed by atoms with van der Waals surface area (Å²) < 4.78 is 39.5. The number of anilines is 1. The molecule has 0 spiro atoms. The number of allylic oxidation sites excluding steroid dienone is 3. The minimum absolute atomic E-state index is 0.122. The van der Waals surface area contributed by atoms with E-state index >= 15 is 0 Å². The number of alkyl halides is 3. The van der Waals surface area contributed by atoms with Gasteiger partial charge in [-0.1, -0.05) is 24.3 Å². The summed E-state index contributed by atoms with van der Waals surface area (Å²) >= 11 is 0. The van der Waals surface area contributed by atoms with Gasteiger partial charge in [-0.2, -0.15) is 13.2 Å². The summed E-state index contributed by atoms with van der Waals surface area (Å²) in [5, 5.41) is 0. The molecule has 0 saturated heterocycles. The Balaban J connectivity index is 1.91. The van der Waals surface area contributed by atoms with Crippen molar-refractivity contribution < 1.29 is 27.6 Å². The van der Waals surface area contributed by atoms with Gasteiger partial charge in [0.15, 0.2) is 11.6 Å². The van der Waals surface area contributed by atoms with Gasteiger partial charge in [0.1, 0.15) is 0 Å². The van der Waals surface area contributed by atoms with E-state index in [0.29, 0.717) is 16.0 Å². The Kier molecular flexibility index (Phi) is 3.25. The molecule has 4 nitrogen and oxygen atoms in total. The molecule has 0 radical (unpaired) electrons. The minimum atomic E-state index is -5.08. The second kappa shape index (κ2) is 5.15. The summed E-state index contributed by atoms with van der Waals surface area (Å²) in [6, 6.07) is 5.16. The van der Waals surface area contributed by atoms with Gasteiger partial charge in [0.25, 0.3) is 0 Å². The number of hydrogen-bond acceptors (Lipinski definition) is 3. The molecule has 0 saturated carbocycles. The lowest BCUT2D eigenvalue weighted by Gasteiger charge is -2.39. The van der Waals surface area contributed by atoms with Crippen molar-refractivity contribution in [3.05, 3.63) is 48.1 Å². The lowest BCUT2D eigenvalue weighted by Crippen LogP contribution is -2.54. The Hall–Kier alpha value is -2.70. The first-order chi connectivity index (χ1) is 11.8. The van der Waals surface area contributed by atoms with Crippen LogP contribution in [-0.2, 0) is 14.4 Å². The number of nitrogens with zero attached hydrogens (tertiary/aromatic N) is 1. The van der Waals surface area contributed by atoms with Crippen molar-refractivity contribution in [2.24, 2.45) is 11.8 Å². The first-order valence-electron chi connectivity index (χ1n) is 7.76. The van der Waals surface area contributed by atoms with Gasteiger partial charge in [0, 0.05) is 11.5 Å². The van der Waals surface area contributed by atoms with E-state index in [1.807, 2.05) is 0 Å². The van der Waals surface area contributed by atoms with Gasteiger partial charge in [-0.15, -0.1) is 0 Å². The molecule has 1 amide bonds. The van der Waals surface area contributed by atoms with Gasteiger partial charge >= 0.3 is 12.1 Å². The minimum Gasteiger partial charge on any atom is -0.296 e. The van der Waals surface area contributed by atoms with E-state index in [1.165, 1.54) is 12.1 Å². The number of carbonyl (C=O) groups excluding carboxylic acids is 3. The van der Waals surface area contributed by atoms with Crippen LogP contribution in [0, 0.1) is 11.8 Å². The molecule has 0 aromatic heterocycles. The van der Waals surface area contributed by atoms with Gasteiger partial charge in [-0.05, 0) is 30.2 Å². The number of hydrogen-bond donors (Lipinski definition) is 0. The third-order valence-electron chi connectivity index (χ3n) is 5.00. The summed E-state index contributed by atoms with van der Waals surface area (Å²) in [5.74, 6) is -4.47. The second-order valence-electron chi connectivity index (χ2n) is 6.30. The van der Waals surface area contributed by atoms with Crippen LogP contribution in [0.2, 0.25) is 0 Å². The number of rotatable bonds is 0. The zero-order chi connectivity index (χ0) is 17.9. The van der Waals surface area contributed by atoms with Crippen molar-refractivity contribution in [3.8, 4) is 0 Å². The molecule has 0 fully saturated rings. The van der Waals surface area contributed by atoms with Crippen molar-refractivity contribution in [2.75, 3.05) is 4.90 Å². The smallest absolute Gasteiger partial charge is 0.296 e. The van der Waals surface area contributed by atoms with Gasteiger partial charge in [0.05, 0.1) is 17.6 Å². The summed E-state index contributed by atoms with van der Waals surface area (Å²) in [4.78, 5) is 37.3. The lowest BCUT2D eigenvalue weighted by atomic mass is 9.69. The summed E-state index contributed by atoms with van der Waals surface area (Å²) in [5.41, 5.74) is 1.13. The number of carbonyl (C=O) groups is 3. The zero-order valence-corrected chi connectivity index (χ0v) is 12.8. The lowest BCUT2D eigenvalue weighted by molar-refractivity contribution is -0.171. The fourth-order valence-corrected chi connectivity index (χ4v) is 4.00. The molecule has 25 heavy (non-hydrogen) atoms. The number of halogens is 3. The van der Waals surface area contributed by atoms with Gasteiger partial charge in [-0.25, -0.2) is 0 Å². The Morgan fingerprint density at radius 2 is 1.76 bits per heavy atom. The summed E-state index contributed by atoms with van der Waals surface area (Å²) in [6.07, 6.45) is -0.856. The second-order valence-corrected chi connectivity index (χ2v) is 6.30. The number of fused-ring (bicyclic) bond motifs is 5. The maximum Gasteiger partial charge on any atom is 0.471 e. The molecule has 3 aliphatic rings. The molecule has 0 unspecified atom stereocenters. The Bertz CT molecular complexity index is 869. The third-order valence-corrected chi connectivity index (χ3v) is 5.00. The van der Waals surface area contributed by atoms with E-state index < -0.39 is 35.7 Å². The number of amides is 1. The zero-order valence-electron chi connectivity index (χ0n) is 12.8. The van der Waals surface area contributed by atoms with E-state index in [-0.39, 0.29) is 17.9 Å². The normalized spacial score (nSPS) is 27.6. The Labute approximate surface area is 140 Å². The van der Waals surface area contributed by atoms with Crippen molar-refractivity contribution in [1.82, 2.24) is 0 Å². The molecule has 0 bridgehead atoms. The highest BCUT2D eigenvalue weighted by atomic mass is 19.4. The maximum atomic E-state index is 13.2. The highest BCUT2D eigenvalue weighted by Crippen LogP contribution is 2.50. The SMILES string of the molecule is O=C1C=CC(=O)[C@@H]2CC=C3c4ccccc4N(C(=O)C(F)(F)F)[C@@H]3[C@H]12. The average molecular weight is 347 g/mol. The van der Waals surface area contributed by atoms with Crippen LogP contribution in [0.1, 0.15) is 12.0 Å². The molecule has 7 heteroatoms. The van der Waals surface area contributed by atoms with E-state index in [1.54, 1.807) is 24.3 Å². The molecule has 4 rings (SSSR count). The summed E-state index contributed by atoms with van der Waals surface area (Å²) in [6.45, 7) is 0. The van der Waals surface area contributed by atoms with Crippen LogP contribution in [0.25, 0.3) is 5.57 Å². The van der Waals surface area contributed by atoms with Crippen LogP contribution >= 0.6 is 0 Å². The largest absolute Gasteiger partial charge is 0.471 e. The average Bonchev–Trinajstić information content (AvgIpc) is 2.91. The monoisotopic (exact) mass is 347 g/mol. The van der Waals surface area contributed by atoms with E-state index in [9.17, 15) is 27.6 Å². The van der Waals surface area contributed by atoms with E-state index in [0.717, 1.165) is 6.08 Å².